The molecule has 2 N–H and O–H groups in total. The zero-order valence-corrected chi connectivity index (χ0v) is 11.5. The molecule has 5 nitrogen and oxygen atoms in total. The summed E-state index contributed by atoms with van der Waals surface area (Å²) < 4.78 is 13.9. The summed E-state index contributed by atoms with van der Waals surface area (Å²) in [4.78, 5) is 8.23. The summed E-state index contributed by atoms with van der Waals surface area (Å²) in [5.74, 6) is 0.425. The van der Waals surface area contributed by atoms with Gasteiger partial charge >= 0.3 is 0 Å². The molecule has 0 bridgehead atoms. The molecule has 0 spiro atoms. The molecule has 0 fully saturated rings. The second-order valence-electron chi connectivity index (χ2n) is 3.57. The predicted octanol–water partition coefficient (Wildman–Crippen LogP) is 3.04. The van der Waals surface area contributed by atoms with E-state index in [1.54, 1.807) is 19.3 Å². The third-order valence-electron chi connectivity index (χ3n) is 2.32. The molecule has 0 saturated heterocycles. The molecule has 0 amide bonds. The molecule has 2 rings (SSSR count). The molecule has 0 aliphatic rings. The summed E-state index contributed by atoms with van der Waals surface area (Å²) in [6.45, 7) is 0. The van der Waals surface area contributed by atoms with E-state index in [4.69, 9.17) is 5.26 Å². The van der Waals surface area contributed by atoms with Gasteiger partial charge in [-0.2, -0.15) is 10.2 Å². The van der Waals surface area contributed by atoms with Gasteiger partial charge < -0.3 is 10.6 Å². The molecule has 0 unspecified atom stereocenters. The number of rotatable bonds is 3. The van der Waals surface area contributed by atoms with Crippen LogP contribution in [0.15, 0.2) is 28.9 Å². The second kappa shape index (κ2) is 5.63. The summed E-state index contributed by atoms with van der Waals surface area (Å²) in [6, 6.07) is 5.97. The van der Waals surface area contributed by atoms with Crippen molar-refractivity contribution in [1.82, 2.24) is 9.97 Å². The van der Waals surface area contributed by atoms with Gasteiger partial charge in [-0.3, -0.25) is 0 Å². The second-order valence-corrected chi connectivity index (χ2v) is 4.43. The monoisotopic (exact) mass is 321 g/mol. The van der Waals surface area contributed by atoms with Gasteiger partial charge in [-0.05, 0) is 34.1 Å². The molecule has 0 atom stereocenters. The average Bonchev–Trinajstić information content (AvgIpc) is 2.43. The lowest BCUT2D eigenvalue weighted by Gasteiger charge is -2.09. The smallest absolute Gasteiger partial charge is 0.224 e. The van der Waals surface area contributed by atoms with E-state index in [-0.39, 0.29) is 5.56 Å². The minimum absolute atomic E-state index is 0.0241. The first-order valence-corrected chi connectivity index (χ1v) is 6.10. The zero-order valence-electron chi connectivity index (χ0n) is 9.91. The number of nitrogens with zero attached hydrogens (tertiary/aromatic N) is 3. The lowest BCUT2D eigenvalue weighted by molar-refractivity contribution is 0.624. The minimum atomic E-state index is -0.550. The van der Waals surface area contributed by atoms with E-state index in [0.29, 0.717) is 21.9 Å². The fourth-order valence-corrected chi connectivity index (χ4v) is 1.69. The maximum Gasteiger partial charge on any atom is 0.224 e. The van der Waals surface area contributed by atoms with Gasteiger partial charge in [0, 0.05) is 18.9 Å². The van der Waals surface area contributed by atoms with Crippen molar-refractivity contribution in [1.29, 1.82) is 5.26 Å². The van der Waals surface area contributed by atoms with Crippen LogP contribution in [-0.2, 0) is 0 Å². The van der Waals surface area contributed by atoms with E-state index >= 15 is 0 Å². The van der Waals surface area contributed by atoms with Crippen LogP contribution in [0, 0.1) is 17.1 Å². The predicted molar refractivity (Wildman–Crippen MR) is 73.7 cm³/mol. The molecule has 0 aliphatic heterocycles. The molecule has 96 valence electrons. The first kappa shape index (κ1) is 13.2. The number of benzene rings is 1. The standard InChI is InChI=1S/C12H9BrFN5/c1-16-12-17-6-9(13)11(19-12)18-8-2-3-10(14)7(4-8)5-15/h2-4,6H,1H3,(H2,16,17,18,19). The largest absolute Gasteiger partial charge is 0.357 e. The van der Waals surface area contributed by atoms with E-state index in [0.717, 1.165) is 0 Å². The van der Waals surface area contributed by atoms with Crippen LogP contribution in [0.2, 0.25) is 0 Å². The Morgan fingerprint density at radius 3 is 2.89 bits per heavy atom. The van der Waals surface area contributed by atoms with Gasteiger partial charge in [0.05, 0.1) is 10.0 Å². The highest BCUT2D eigenvalue weighted by atomic mass is 79.9. The quantitative estimate of drug-likeness (QED) is 0.909. The van der Waals surface area contributed by atoms with Gasteiger partial charge in [0.15, 0.2) is 0 Å². The fourth-order valence-electron chi connectivity index (χ4n) is 1.40. The van der Waals surface area contributed by atoms with Crippen molar-refractivity contribution in [2.24, 2.45) is 0 Å². The van der Waals surface area contributed by atoms with Gasteiger partial charge in [-0.25, -0.2) is 9.37 Å². The lowest BCUT2D eigenvalue weighted by Crippen LogP contribution is -2.01. The number of hydrogen-bond acceptors (Lipinski definition) is 5. The van der Waals surface area contributed by atoms with E-state index < -0.39 is 5.82 Å². The molecule has 1 aromatic heterocycles. The highest BCUT2D eigenvalue weighted by Gasteiger charge is 2.07. The maximum absolute atomic E-state index is 13.2. The fraction of sp³-hybridized carbons (Fsp3) is 0.0833. The number of anilines is 3. The third-order valence-corrected chi connectivity index (χ3v) is 2.90. The first-order valence-electron chi connectivity index (χ1n) is 5.31. The highest BCUT2D eigenvalue weighted by molar-refractivity contribution is 9.10. The van der Waals surface area contributed by atoms with Gasteiger partial charge in [0.2, 0.25) is 5.95 Å². The molecule has 2 aromatic rings. The number of nitrogens with one attached hydrogen (secondary N) is 2. The van der Waals surface area contributed by atoms with Crippen molar-refractivity contribution in [3.63, 3.8) is 0 Å². The lowest BCUT2D eigenvalue weighted by atomic mass is 10.2. The maximum atomic E-state index is 13.2. The number of nitriles is 1. The van der Waals surface area contributed by atoms with E-state index in [2.05, 4.69) is 36.5 Å². The third kappa shape index (κ3) is 2.98. The first-order chi connectivity index (χ1) is 9.13. The van der Waals surface area contributed by atoms with E-state index in [1.807, 2.05) is 0 Å². The topological polar surface area (TPSA) is 73.6 Å². The Morgan fingerprint density at radius 2 is 2.21 bits per heavy atom. The Hall–Kier alpha value is -2.20. The zero-order chi connectivity index (χ0) is 13.8. The molecular formula is C12H9BrFN5. The van der Waals surface area contributed by atoms with Crippen molar-refractivity contribution in [3.05, 3.63) is 40.2 Å². The van der Waals surface area contributed by atoms with Crippen LogP contribution in [0.4, 0.5) is 21.8 Å². The van der Waals surface area contributed by atoms with Crippen molar-refractivity contribution >= 4 is 33.4 Å². The van der Waals surface area contributed by atoms with Gasteiger partial charge in [-0.15, -0.1) is 0 Å². The Labute approximate surface area is 117 Å². The number of hydrogen-bond donors (Lipinski definition) is 2. The number of aromatic nitrogens is 2. The Kier molecular flexibility index (Phi) is 3.92. The molecule has 1 aromatic carbocycles. The van der Waals surface area contributed by atoms with Crippen molar-refractivity contribution in [3.8, 4) is 6.07 Å². The molecule has 1 heterocycles. The molecular weight excluding hydrogens is 313 g/mol. The molecule has 0 saturated carbocycles. The van der Waals surface area contributed by atoms with Crippen molar-refractivity contribution in [2.75, 3.05) is 17.7 Å². The van der Waals surface area contributed by atoms with Crippen LogP contribution in [0.3, 0.4) is 0 Å². The normalized spacial score (nSPS) is 9.79. The summed E-state index contributed by atoms with van der Waals surface area (Å²) in [7, 11) is 1.71. The van der Waals surface area contributed by atoms with Crippen LogP contribution in [0.1, 0.15) is 5.56 Å². The van der Waals surface area contributed by atoms with Crippen LogP contribution in [0.5, 0.6) is 0 Å². The average molecular weight is 322 g/mol. The van der Waals surface area contributed by atoms with Crippen LogP contribution in [-0.4, -0.2) is 17.0 Å². The highest BCUT2D eigenvalue weighted by Crippen LogP contribution is 2.25. The molecule has 19 heavy (non-hydrogen) atoms. The molecule has 7 heteroatoms. The Balaban J connectivity index is 2.33. The van der Waals surface area contributed by atoms with Gasteiger partial charge in [0.25, 0.3) is 0 Å². The SMILES string of the molecule is CNc1ncc(Br)c(Nc2ccc(F)c(C#N)c2)n1. The van der Waals surface area contributed by atoms with Gasteiger partial charge in [0.1, 0.15) is 17.7 Å². The molecule has 0 aliphatic carbocycles. The minimum Gasteiger partial charge on any atom is -0.357 e. The van der Waals surface area contributed by atoms with Crippen LogP contribution in [0.25, 0.3) is 0 Å². The van der Waals surface area contributed by atoms with Gasteiger partial charge in [-0.1, -0.05) is 0 Å². The Bertz CT molecular complexity index is 653. The summed E-state index contributed by atoms with van der Waals surface area (Å²) >= 11 is 3.31. The van der Waals surface area contributed by atoms with Crippen molar-refractivity contribution in [2.45, 2.75) is 0 Å². The summed E-state index contributed by atoms with van der Waals surface area (Å²) in [5.41, 5.74) is 0.545. The van der Waals surface area contributed by atoms with Crippen LogP contribution < -0.4 is 10.6 Å². The number of halogens is 2. The summed E-state index contributed by atoms with van der Waals surface area (Å²) in [5, 5.41) is 14.6. The van der Waals surface area contributed by atoms with E-state index in [1.165, 1.54) is 18.2 Å². The van der Waals surface area contributed by atoms with E-state index in [9.17, 15) is 4.39 Å². The Morgan fingerprint density at radius 1 is 1.42 bits per heavy atom. The summed E-state index contributed by atoms with van der Waals surface area (Å²) in [6.07, 6.45) is 1.59. The van der Waals surface area contributed by atoms with Crippen LogP contribution >= 0.6 is 15.9 Å². The molecule has 0 radical (unpaired) electrons. The van der Waals surface area contributed by atoms with Crippen molar-refractivity contribution < 1.29 is 4.39 Å².